The molecule has 57 heavy (non-hydrogen) atoms. The van der Waals surface area contributed by atoms with Crippen LogP contribution in [0.3, 0.4) is 0 Å². The molecule has 0 spiro atoms. The summed E-state index contributed by atoms with van der Waals surface area (Å²) in [5, 5.41) is 9.87. The van der Waals surface area contributed by atoms with E-state index in [4.69, 9.17) is 15.0 Å². The Morgan fingerprint density at radius 2 is 0.912 bits per heavy atom. The molecule has 0 unspecified atom stereocenters. The summed E-state index contributed by atoms with van der Waals surface area (Å²) in [7, 11) is 0. The molecule has 0 aliphatic heterocycles. The first-order valence-electron chi connectivity index (χ1n) is 19.2. The van der Waals surface area contributed by atoms with Crippen molar-refractivity contribution in [3.8, 4) is 39.9 Å². The lowest BCUT2D eigenvalue weighted by Gasteiger charge is -2.15. The molecule has 0 aliphatic carbocycles. The van der Waals surface area contributed by atoms with Gasteiger partial charge in [0.25, 0.3) is 0 Å². The van der Waals surface area contributed by atoms with Crippen molar-refractivity contribution < 1.29 is 0 Å². The second-order valence-electron chi connectivity index (χ2n) is 14.7. The molecule has 0 amide bonds. The standard InChI is InChI=1S/C51H29N5S/c1-2-14-30(15-3-1)49-52-50(54-51(53-49)37-22-12-29-44-45(37)36-18-6-9-28-43(36)57-44)35-17-5-8-24-39(35)55-40-25-11-19-32-34-21-10-20-33-31-16-4-7-23-38(31)56(48(33)34)42-27-13-26-41(55)47(42)46(32)40/h1-29H. The molecule has 0 saturated heterocycles. The van der Waals surface area contributed by atoms with E-state index in [-0.39, 0.29) is 0 Å². The molecule has 0 fully saturated rings. The van der Waals surface area contributed by atoms with Gasteiger partial charge in [-0.2, -0.15) is 0 Å². The molecule has 8 aromatic carbocycles. The lowest BCUT2D eigenvalue weighted by molar-refractivity contribution is 1.07. The third-order valence-electron chi connectivity index (χ3n) is 11.7. The first-order chi connectivity index (χ1) is 28.3. The zero-order chi connectivity index (χ0) is 37.2. The third-order valence-corrected chi connectivity index (χ3v) is 12.9. The number of fused-ring (bicyclic) bond motifs is 8. The van der Waals surface area contributed by atoms with Crippen molar-refractivity contribution in [2.24, 2.45) is 0 Å². The molecule has 5 aromatic heterocycles. The highest BCUT2D eigenvalue weighted by molar-refractivity contribution is 7.25. The van der Waals surface area contributed by atoms with E-state index in [1.165, 1.54) is 69.0 Å². The molecule has 5 nitrogen and oxygen atoms in total. The van der Waals surface area contributed by atoms with Gasteiger partial charge in [0.1, 0.15) is 0 Å². The van der Waals surface area contributed by atoms with E-state index in [1.807, 2.05) is 18.2 Å². The molecule has 0 radical (unpaired) electrons. The van der Waals surface area contributed by atoms with Gasteiger partial charge >= 0.3 is 0 Å². The maximum Gasteiger partial charge on any atom is 0.166 e. The van der Waals surface area contributed by atoms with E-state index in [1.54, 1.807) is 11.3 Å². The molecule has 6 heteroatoms. The average molecular weight is 744 g/mol. The van der Waals surface area contributed by atoms with Crippen molar-refractivity contribution in [1.82, 2.24) is 23.9 Å². The van der Waals surface area contributed by atoms with Crippen molar-refractivity contribution in [2.45, 2.75) is 0 Å². The van der Waals surface area contributed by atoms with Gasteiger partial charge in [-0.05, 0) is 53.9 Å². The van der Waals surface area contributed by atoms with Crippen LogP contribution >= 0.6 is 11.3 Å². The predicted octanol–water partition coefficient (Wildman–Crippen LogP) is 13.5. The first kappa shape index (κ1) is 30.9. The number of nitrogens with zero attached hydrogens (tertiary/aromatic N) is 5. The van der Waals surface area contributed by atoms with Gasteiger partial charge in [0.05, 0.1) is 33.3 Å². The smallest absolute Gasteiger partial charge is 0.166 e. The number of hydrogen-bond acceptors (Lipinski definition) is 4. The monoisotopic (exact) mass is 743 g/mol. The molecular weight excluding hydrogens is 715 g/mol. The fraction of sp³-hybridized carbons (Fsp3) is 0. The summed E-state index contributed by atoms with van der Waals surface area (Å²) in [6.07, 6.45) is 0. The van der Waals surface area contributed by atoms with Crippen LogP contribution in [0.1, 0.15) is 0 Å². The Hall–Kier alpha value is -7.41. The molecular formula is C51H29N5S. The summed E-state index contributed by atoms with van der Waals surface area (Å²) in [6, 6.07) is 62.9. The quantitative estimate of drug-likeness (QED) is 0.180. The van der Waals surface area contributed by atoms with E-state index in [9.17, 15) is 0 Å². The molecule has 0 aliphatic rings. The van der Waals surface area contributed by atoms with Crippen LogP contribution < -0.4 is 0 Å². The lowest BCUT2D eigenvalue weighted by Crippen LogP contribution is -2.03. The second kappa shape index (κ2) is 11.6. The Morgan fingerprint density at radius 3 is 1.81 bits per heavy atom. The molecule has 264 valence electrons. The summed E-state index contributed by atoms with van der Waals surface area (Å²) >= 11 is 1.80. The summed E-state index contributed by atoms with van der Waals surface area (Å²) < 4.78 is 7.36. The summed E-state index contributed by atoms with van der Waals surface area (Å²) in [5.41, 5.74) is 9.81. The van der Waals surface area contributed by atoms with Crippen LogP contribution in [0.25, 0.3) is 120 Å². The van der Waals surface area contributed by atoms with Crippen molar-refractivity contribution >= 4 is 91.4 Å². The maximum absolute atomic E-state index is 5.38. The van der Waals surface area contributed by atoms with Gasteiger partial charge < -0.3 is 8.97 Å². The van der Waals surface area contributed by atoms with Gasteiger partial charge in [-0.15, -0.1) is 11.3 Å². The Kier molecular flexibility index (Phi) is 6.26. The largest absolute Gasteiger partial charge is 0.308 e. The Balaban J connectivity index is 1.13. The SMILES string of the molecule is c1ccc(-c2nc(-c3ccccc3-n3c4cccc5c6cccc7c8ccccc8n(c8cccc3c8c54)c67)nc(-c3cccc4sc5ccccc5c34)n2)cc1. The fourth-order valence-electron chi connectivity index (χ4n) is 9.40. The van der Waals surface area contributed by atoms with Gasteiger partial charge in [0.2, 0.25) is 0 Å². The highest BCUT2D eigenvalue weighted by Crippen LogP contribution is 2.45. The summed E-state index contributed by atoms with van der Waals surface area (Å²) in [4.78, 5) is 15.8. The first-order valence-corrected chi connectivity index (χ1v) is 20.0. The van der Waals surface area contributed by atoms with Crippen molar-refractivity contribution in [3.05, 3.63) is 176 Å². The van der Waals surface area contributed by atoms with Crippen LogP contribution in [0.4, 0.5) is 0 Å². The topological polar surface area (TPSA) is 48.0 Å². The third kappa shape index (κ3) is 4.25. The fourth-order valence-corrected chi connectivity index (χ4v) is 10.5. The molecule has 13 aromatic rings. The van der Waals surface area contributed by atoms with Crippen LogP contribution in [-0.4, -0.2) is 23.9 Å². The number of rotatable bonds is 4. The zero-order valence-electron chi connectivity index (χ0n) is 30.4. The normalized spacial score (nSPS) is 12.2. The Bertz CT molecular complexity index is 3760. The van der Waals surface area contributed by atoms with Gasteiger partial charge in [0.15, 0.2) is 17.5 Å². The minimum Gasteiger partial charge on any atom is -0.308 e. The Labute approximate surface area is 329 Å². The predicted molar refractivity (Wildman–Crippen MR) is 238 cm³/mol. The number of thiophene rings is 1. The van der Waals surface area contributed by atoms with E-state index >= 15 is 0 Å². The van der Waals surface area contributed by atoms with Crippen molar-refractivity contribution in [2.75, 3.05) is 0 Å². The van der Waals surface area contributed by atoms with Crippen molar-refractivity contribution in [3.63, 3.8) is 0 Å². The van der Waals surface area contributed by atoms with Crippen LogP contribution in [-0.2, 0) is 0 Å². The molecule has 0 atom stereocenters. The average Bonchev–Trinajstić information content (AvgIpc) is 3.91. The minimum atomic E-state index is 0.629. The van der Waals surface area contributed by atoms with E-state index in [2.05, 4.69) is 167 Å². The molecule has 0 bridgehead atoms. The Morgan fingerprint density at radius 1 is 0.351 bits per heavy atom. The van der Waals surface area contributed by atoms with E-state index in [0.717, 1.165) is 33.4 Å². The lowest BCUT2D eigenvalue weighted by atomic mass is 10.0. The van der Waals surface area contributed by atoms with E-state index < -0.39 is 0 Å². The van der Waals surface area contributed by atoms with Gasteiger partial charge in [-0.25, -0.2) is 15.0 Å². The number of hydrogen-bond donors (Lipinski definition) is 0. The van der Waals surface area contributed by atoms with Crippen LogP contribution in [0.5, 0.6) is 0 Å². The molecule has 13 rings (SSSR count). The zero-order valence-corrected chi connectivity index (χ0v) is 31.2. The van der Waals surface area contributed by atoms with Crippen LogP contribution in [0.15, 0.2) is 176 Å². The number of para-hydroxylation sites is 3. The second-order valence-corrected chi connectivity index (χ2v) is 15.8. The van der Waals surface area contributed by atoms with Crippen LogP contribution in [0, 0.1) is 0 Å². The molecule has 0 N–H and O–H groups in total. The van der Waals surface area contributed by atoms with Crippen molar-refractivity contribution in [1.29, 1.82) is 0 Å². The molecule has 0 saturated carbocycles. The van der Waals surface area contributed by atoms with Gasteiger partial charge in [-0.3, -0.25) is 0 Å². The number of aromatic nitrogens is 5. The van der Waals surface area contributed by atoms with E-state index in [0.29, 0.717) is 17.5 Å². The van der Waals surface area contributed by atoms with Gasteiger partial charge in [0, 0.05) is 63.8 Å². The van der Waals surface area contributed by atoms with Crippen LogP contribution in [0.2, 0.25) is 0 Å². The summed E-state index contributed by atoms with van der Waals surface area (Å²) in [5.74, 6) is 1.93. The minimum absolute atomic E-state index is 0.629. The highest BCUT2D eigenvalue weighted by atomic mass is 32.1. The maximum atomic E-state index is 5.38. The number of benzene rings is 8. The summed E-state index contributed by atoms with van der Waals surface area (Å²) in [6.45, 7) is 0. The molecule has 5 heterocycles. The highest BCUT2D eigenvalue weighted by Gasteiger charge is 2.24. The van der Waals surface area contributed by atoms with Gasteiger partial charge in [-0.1, -0.05) is 127 Å².